The standard InChI is InChI=1S/C12H25NO2/c1-9(2)12(4)8-13-6-11(15-12)10(3)7-14-5/h9-11,13H,6-8H2,1-5H3. The monoisotopic (exact) mass is 215 g/mol. The first-order valence-corrected chi connectivity index (χ1v) is 5.87. The molecule has 1 N–H and O–H groups in total. The van der Waals surface area contributed by atoms with Gasteiger partial charge in [0.2, 0.25) is 0 Å². The van der Waals surface area contributed by atoms with Crippen molar-refractivity contribution in [1.29, 1.82) is 0 Å². The fourth-order valence-corrected chi connectivity index (χ4v) is 1.92. The van der Waals surface area contributed by atoms with Gasteiger partial charge in [-0.3, -0.25) is 0 Å². The summed E-state index contributed by atoms with van der Waals surface area (Å²) in [5, 5.41) is 3.47. The summed E-state index contributed by atoms with van der Waals surface area (Å²) in [5.74, 6) is 0.975. The molecule has 3 nitrogen and oxygen atoms in total. The van der Waals surface area contributed by atoms with E-state index in [1.165, 1.54) is 0 Å². The zero-order chi connectivity index (χ0) is 11.5. The molecule has 1 heterocycles. The van der Waals surface area contributed by atoms with Crippen molar-refractivity contribution < 1.29 is 9.47 Å². The Kier molecular flexibility index (Phi) is 4.56. The third-order valence-electron chi connectivity index (χ3n) is 3.53. The van der Waals surface area contributed by atoms with Crippen molar-refractivity contribution >= 4 is 0 Å². The van der Waals surface area contributed by atoms with Crippen LogP contribution in [0.3, 0.4) is 0 Å². The number of nitrogens with one attached hydrogen (secondary N) is 1. The molecule has 0 bridgehead atoms. The molecule has 1 aliphatic heterocycles. The third kappa shape index (κ3) is 3.16. The van der Waals surface area contributed by atoms with Gasteiger partial charge in [0.1, 0.15) is 0 Å². The lowest BCUT2D eigenvalue weighted by atomic mass is 9.89. The molecule has 0 radical (unpaired) electrons. The van der Waals surface area contributed by atoms with Crippen molar-refractivity contribution in [1.82, 2.24) is 5.32 Å². The molecule has 1 saturated heterocycles. The zero-order valence-electron chi connectivity index (χ0n) is 10.7. The Balaban J connectivity index is 2.55. The molecular weight excluding hydrogens is 190 g/mol. The minimum atomic E-state index is -0.0368. The molecule has 1 rings (SSSR count). The van der Waals surface area contributed by atoms with E-state index < -0.39 is 0 Å². The Morgan fingerprint density at radius 2 is 2.13 bits per heavy atom. The predicted octanol–water partition coefficient (Wildman–Crippen LogP) is 1.67. The van der Waals surface area contributed by atoms with Crippen LogP contribution in [0.4, 0.5) is 0 Å². The Hall–Kier alpha value is -0.120. The first-order chi connectivity index (χ1) is 6.99. The molecule has 3 unspecified atom stereocenters. The highest BCUT2D eigenvalue weighted by atomic mass is 16.5. The lowest BCUT2D eigenvalue weighted by Crippen LogP contribution is -2.56. The molecule has 0 aromatic carbocycles. The second kappa shape index (κ2) is 5.28. The van der Waals surface area contributed by atoms with E-state index in [4.69, 9.17) is 9.47 Å². The van der Waals surface area contributed by atoms with Crippen molar-refractivity contribution in [2.24, 2.45) is 11.8 Å². The molecule has 15 heavy (non-hydrogen) atoms. The SMILES string of the molecule is COCC(C)C1CNCC(C)(C(C)C)O1. The molecule has 0 aliphatic carbocycles. The second-order valence-electron chi connectivity index (χ2n) is 5.19. The average Bonchev–Trinajstić information content (AvgIpc) is 2.18. The summed E-state index contributed by atoms with van der Waals surface area (Å²) in [6.45, 7) is 11.4. The molecule has 1 aliphatic rings. The highest BCUT2D eigenvalue weighted by Gasteiger charge is 2.37. The van der Waals surface area contributed by atoms with E-state index in [1.54, 1.807) is 7.11 Å². The highest BCUT2D eigenvalue weighted by Crippen LogP contribution is 2.27. The van der Waals surface area contributed by atoms with Gasteiger partial charge in [-0.2, -0.15) is 0 Å². The van der Waals surface area contributed by atoms with Crippen molar-refractivity contribution in [2.45, 2.75) is 39.4 Å². The van der Waals surface area contributed by atoms with Crippen LogP contribution in [0.15, 0.2) is 0 Å². The molecule has 3 heteroatoms. The molecule has 0 saturated carbocycles. The summed E-state index contributed by atoms with van der Waals surface area (Å²) in [4.78, 5) is 0. The van der Waals surface area contributed by atoms with Crippen LogP contribution in [0.25, 0.3) is 0 Å². The van der Waals surface area contributed by atoms with Gasteiger partial charge in [-0.1, -0.05) is 20.8 Å². The van der Waals surface area contributed by atoms with Crippen molar-refractivity contribution in [3.63, 3.8) is 0 Å². The maximum Gasteiger partial charge on any atom is 0.0805 e. The largest absolute Gasteiger partial charge is 0.384 e. The number of rotatable bonds is 4. The molecule has 3 atom stereocenters. The number of hydrogen-bond donors (Lipinski definition) is 1. The van der Waals surface area contributed by atoms with Crippen LogP contribution in [0.2, 0.25) is 0 Å². The molecule has 90 valence electrons. The molecule has 0 aromatic rings. The number of hydrogen-bond acceptors (Lipinski definition) is 3. The number of morpholine rings is 1. The smallest absolute Gasteiger partial charge is 0.0805 e. The summed E-state index contributed by atoms with van der Waals surface area (Å²) in [7, 11) is 1.74. The fraction of sp³-hybridized carbons (Fsp3) is 1.00. The quantitative estimate of drug-likeness (QED) is 0.774. The molecular formula is C12H25NO2. The van der Waals surface area contributed by atoms with Gasteiger partial charge in [-0.15, -0.1) is 0 Å². The minimum absolute atomic E-state index is 0.0368. The van der Waals surface area contributed by atoms with E-state index >= 15 is 0 Å². The number of methoxy groups -OCH3 is 1. The van der Waals surface area contributed by atoms with Gasteiger partial charge in [0.15, 0.2) is 0 Å². The van der Waals surface area contributed by atoms with Gasteiger partial charge in [-0.05, 0) is 12.8 Å². The van der Waals surface area contributed by atoms with Crippen LogP contribution in [0, 0.1) is 11.8 Å². The van der Waals surface area contributed by atoms with Crippen molar-refractivity contribution in [3.05, 3.63) is 0 Å². The van der Waals surface area contributed by atoms with Crippen LogP contribution in [0.1, 0.15) is 27.7 Å². The lowest BCUT2D eigenvalue weighted by molar-refractivity contribution is -0.151. The van der Waals surface area contributed by atoms with E-state index in [0.717, 1.165) is 19.7 Å². The van der Waals surface area contributed by atoms with E-state index in [-0.39, 0.29) is 11.7 Å². The van der Waals surface area contributed by atoms with E-state index in [0.29, 0.717) is 11.8 Å². The van der Waals surface area contributed by atoms with E-state index in [9.17, 15) is 0 Å². The van der Waals surface area contributed by atoms with E-state index in [2.05, 4.69) is 33.0 Å². The Labute approximate surface area is 93.5 Å². The molecule has 0 spiro atoms. The van der Waals surface area contributed by atoms with Crippen molar-refractivity contribution in [2.75, 3.05) is 26.8 Å². The normalized spacial score (nSPS) is 34.4. The Morgan fingerprint density at radius 1 is 1.47 bits per heavy atom. The van der Waals surface area contributed by atoms with Crippen LogP contribution in [-0.2, 0) is 9.47 Å². The summed E-state index contributed by atoms with van der Waals surface area (Å²) < 4.78 is 11.4. The summed E-state index contributed by atoms with van der Waals surface area (Å²) >= 11 is 0. The van der Waals surface area contributed by atoms with Gasteiger partial charge in [0, 0.05) is 26.1 Å². The highest BCUT2D eigenvalue weighted by molar-refractivity contribution is 4.89. The lowest BCUT2D eigenvalue weighted by Gasteiger charge is -2.43. The summed E-state index contributed by atoms with van der Waals surface area (Å²) in [6.07, 6.45) is 0.270. The van der Waals surface area contributed by atoms with Gasteiger partial charge >= 0.3 is 0 Å². The maximum absolute atomic E-state index is 6.21. The second-order valence-corrected chi connectivity index (χ2v) is 5.19. The van der Waals surface area contributed by atoms with Crippen LogP contribution >= 0.6 is 0 Å². The predicted molar refractivity (Wildman–Crippen MR) is 62.0 cm³/mol. The van der Waals surface area contributed by atoms with Gasteiger partial charge in [-0.25, -0.2) is 0 Å². The molecule has 0 aromatic heterocycles. The first kappa shape index (κ1) is 12.9. The molecule has 1 fully saturated rings. The fourth-order valence-electron chi connectivity index (χ4n) is 1.92. The topological polar surface area (TPSA) is 30.5 Å². The summed E-state index contributed by atoms with van der Waals surface area (Å²) in [6, 6.07) is 0. The summed E-state index contributed by atoms with van der Waals surface area (Å²) in [5.41, 5.74) is -0.0368. The van der Waals surface area contributed by atoms with Crippen LogP contribution in [0.5, 0.6) is 0 Å². The minimum Gasteiger partial charge on any atom is -0.384 e. The maximum atomic E-state index is 6.21. The van der Waals surface area contributed by atoms with E-state index in [1.807, 2.05) is 0 Å². The van der Waals surface area contributed by atoms with Crippen LogP contribution < -0.4 is 5.32 Å². The third-order valence-corrected chi connectivity index (χ3v) is 3.53. The number of ether oxygens (including phenoxy) is 2. The average molecular weight is 215 g/mol. The first-order valence-electron chi connectivity index (χ1n) is 5.87. The van der Waals surface area contributed by atoms with Gasteiger partial charge in [0.05, 0.1) is 18.3 Å². The molecule has 0 amide bonds. The Morgan fingerprint density at radius 3 is 2.67 bits per heavy atom. The van der Waals surface area contributed by atoms with Gasteiger partial charge in [0.25, 0.3) is 0 Å². The Bertz CT molecular complexity index is 196. The van der Waals surface area contributed by atoms with Gasteiger partial charge < -0.3 is 14.8 Å². The van der Waals surface area contributed by atoms with Crippen LogP contribution in [-0.4, -0.2) is 38.5 Å². The zero-order valence-corrected chi connectivity index (χ0v) is 10.7. The van der Waals surface area contributed by atoms with Crippen molar-refractivity contribution in [3.8, 4) is 0 Å².